The number of ether oxygens (including phenoxy) is 1. The smallest absolute Gasteiger partial charge is 0.407 e. The molecule has 0 aliphatic rings. The Labute approximate surface area is 123 Å². The zero-order chi connectivity index (χ0) is 15.6. The molecule has 0 aromatic heterocycles. The highest BCUT2D eigenvalue weighted by molar-refractivity contribution is 5.67. The van der Waals surface area contributed by atoms with Gasteiger partial charge in [0, 0.05) is 19.7 Å². The standard InChI is InChI=1S/C15H32N2O3/c1-14(2,3)20-13(19)17-10-7-9-16-12-15(4,5)8-6-11-18/h16,18H,6-12H2,1-5H3,(H,17,19). The van der Waals surface area contributed by atoms with E-state index in [-0.39, 0.29) is 18.1 Å². The van der Waals surface area contributed by atoms with Gasteiger partial charge in [0.05, 0.1) is 0 Å². The Morgan fingerprint density at radius 2 is 1.75 bits per heavy atom. The van der Waals surface area contributed by atoms with Gasteiger partial charge in [-0.25, -0.2) is 4.79 Å². The van der Waals surface area contributed by atoms with Gasteiger partial charge in [0.2, 0.25) is 0 Å². The zero-order valence-electron chi connectivity index (χ0n) is 13.7. The van der Waals surface area contributed by atoms with Crippen molar-refractivity contribution in [3.8, 4) is 0 Å². The number of rotatable bonds is 9. The lowest BCUT2D eigenvalue weighted by atomic mass is 9.88. The number of aliphatic hydroxyl groups is 1. The summed E-state index contributed by atoms with van der Waals surface area (Å²) in [6, 6.07) is 0. The van der Waals surface area contributed by atoms with Crippen LogP contribution in [0.25, 0.3) is 0 Å². The summed E-state index contributed by atoms with van der Waals surface area (Å²) in [6.07, 6.45) is 2.36. The maximum absolute atomic E-state index is 11.4. The maximum Gasteiger partial charge on any atom is 0.407 e. The van der Waals surface area contributed by atoms with Gasteiger partial charge in [0.15, 0.2) is 0 Å². The summed E-state index contributed by atoms with van der Waals surface area (Å²) in [5.74, 6) is 0. The Morgan fingerprint density at radius 1 is 1.10 bits per heavy atom. The van der Waals surface area contributed by atoms with Gasteiger partial charge in [0.1, 0.15) is 5.60 Å². The fraction of sp³-hybridized carbons (Fsp3) is 0.933. The number of carbonyl (C=O) groups is 1. The maximum atomic E-state index is 11.4. The van der Waals surface area contributed by atoms with Gasteiger partial charge in [-0.1, -0.05) is 13.8 Å². The quantitative estimate of drug-likeness (QED) is 0.569. The third-order valence-electron chi connectivity index (χ3n) is 2.81. The fourth-order valence-corrected chi connectivity index (χ4v) is 1.79. The molecule has 5 heteroatoms. The average molecular weight is 288 g/mol. The second kappa shape index (κ2) is 9.19. The van der Waals surface area contributed by atoms with Crippen LogP contribution in [0.4, 0.5) is 4.79 Å². The minimum absolute atomic E-state index is 0.196. The van der Waals surface area contributed by atoms with Crippen LogP contribution in [0.1, 0.15) is 53.9 Å². The largest absolute Gasteiger partial charge is 0.444 e. The molecule has 0 aromatic carbocycles. The molecule has 0 aliphatic heterocycles. The number of nitrogens with one attached hydrogen (secondary N) is 2. The number of hydrogen-bond donors (Lipinski definition) is 3. The Bertz CT molecular complexity index is 273. The van der Waals surface area contributed by atoms with Gasteiger partial charge in [-0.3, -0.25) is 0 Å². The molecule has 20 heavy (non-hydrogen) atoms. The van der Waals surface area contributed by atoms with Crippen LogP contribution in [0.2, 0.25) is 0 Å². The molecule has 120 valence electrons. The van der Waals surface area contributed by atoms with E-state index in [0.717, 1.165) is 32.4 Å². The van der Waals surface area contributed by atoms with Crippen LogP contribution >= 0.6 is 0 Å². The van der Waals surface area contributed by atoms with Crippen molar-refractivity contribution in [2.24, 2.45) is 5.41 Å². The Hall–Kier alpha value is -0.810. The molecule has 0 saturated heterocycles. The number of amides is 1. The highest BCUT2D eigenvalue weighted by Gasteiger charge is 2.17. The normalized spacial score (nSPS) is 12.3. The lowest BCUT2D eigenvalue weighted by molar-refractivity contribution is 0.0527. The van der Waals surface area contributed by atoms with E-state index in [9.17, 15) is 4.79 Å². The highest BCUT2D eigenvalue weighted by atomic mass is 16.6. The van der Waals surface area contributed by atoms with Crippen molar-refractivity contribution < 1.29 is 14.6 Å². The summed E-state index contributed by atoms with van der Waals surface area (Å²) in [5, 5.41) is 15.0. The molecule has 0 fully saturated rings. The zero-order valence-corrected chi connectivity index (χ0v) is 13.7. The van der Waals surface area contributed by atoms with Crippen molar-refractivity contribution in [3.63, 3.8) is 0 Å². The third-order valence-corrected chi connectivity index (χ3v) is 2.81. The first-order valence-corrected chi connectivity index (χ1v) is 7.45. The van der Waals surface area contributed by atoms with Gasteiger partial charge >= 0.3 is 6.09 Å². The third kappa shape index (κ3) is 12.2. The number of hydrogen-bond acceptors (Lipinski definition) is 4. The molecule has 0 unspecified atom stereocenters. The van der Waals surface area contributed by atoms with Crippen LogP contribution < -0.4 is 10.6 Å². The number of alkyl carbamates (subject to hydrolysis) is 1. The summed E-state index contributed by atoms with van der Waals surface area (Å²) >= 11 is 0. The first-order valence-electron chi connectivity index (χ1n) is 7.45. The van der Waals surface area contributed by atoms with Crippen LogP contribution in [-0.2, 0) is 4.74 Å². The molecule has 0 atom stereocenters. The Balaban J connectivity index is 3.56. The second-order valence-electron chi connectivity index (χ2n) is 6.95. The minimum atomic E-state index is -0.445. The number of aliphatic hydroxyl groups excluding tert-OH is 1. The van der Waals surface area contributed by atoms with Crippen LogP contribution in [0, 0.1) is 5.41 Å². The summed E-state index contributed by atoms with van der Waals surface area (Å²) in [7, 11) is 0. The molecule has 0 radical (unpaired) electrons. The van der Waals surface area contributed by atoms with E-state index in [4.69, 9.17) is 9.84 Å². The molecule has 0 rings (SSSR count). The van der Waals surface area contributed by atoms with Gasteiger partial charge in [-0.15, -0.1) is 0 Å². The summed E-state index contributed by atoms with van der Waals surface area (Å²) in [5.41, 5.74) is -0.250. The van der Waals surface area contributed by atoms with Gasteiger partial charge in [-0.2, -0.15) is 0 Å². The molecule has 5 nitrogen and oxygen atoms in total. The van der Waals surface area contributed by atoms with E-state index >= 15 is 0 Å². The van der Waals surface area contributed by atoms with Gasteiger partial charge in [-0.05, 0) is 52.0 Å². The second-order valence-corrected chi connectivity index (χ2v) is 6.95. The predicted molar refractivity (Wildman–Crippen MR) is 81.8 cm³/mol. The van der Waals surface area contributed by atoms with Crippen molar-refractivity contribution in [3.05, 3.63) is 0 Å². The first kappa shape index (κ1) is 19.2. The first-order chi connectivity index (χ1) is 9.16. The molecule has 3 N–H and O–H groups in total. The van der Waals surface area contributed by atoms with Crippen molar-refractivity contribution >= 4 is 6.09 Å². The van der Waals surface area contributed by atoms with Crippen molar-refractivity contribution in [2.45, 2.75) is 59.5 Å². The van der Waals surface area contributed by atoms with E-state index in [2.05, 4.69) is 24.5 Å². The van der Waals surface area contributed by atoms with Crippen molar-refractivity contribution in [1.82, 2.24) is 10.6 Å². The lowest BCUT2D eigenvalue weighted by Gasteiger charge is -2.24. The highest BCUT2D eigenvalue weighted by Crippen LogP contribution is 2.20. The van der Waals surface area contributed by atoms with Crippen LogP contribution in [0.15, 0.2) is 0 Å². The van der Waals surface area contributed by atoms with E-state index in [1.807, 2.05) is 20.8 Å². The minimum Gasteiger partial charge on any atom is -0.444 e. The SMILES string of the molecule is CC(C)(CCCO)CNCCCNC(=O)OC(C)(C)C. The Morgan fingerprint density at radius 3 is 2.30 bits per heavy atom. The van der Waals surface area contributed by atoms with Crippen LogP contribution in [0.5, 0.6) is 0 Å². The molecule has 0 aromatic rings. The fourth-order valence-electron chi connectivity index (χ4n) is 1.79. The van der Waals surface area contributed by atoms with Gasteiger partial charge in [0.25, 0.3) is 0 Å². The number of carbonyl (C=O) groups excluding carboxylic acids is 1. The molecule has 1 amide bonds. The molecule has 0 spiro atoms. The van der Waals surface area contributed by atoms with E-state index in [1.54, 1.807) is 0 Å². The molecule has 0 saturated carbocycles. The van der Waals surface area contributed by atoms with Crippen molar-refractivity contribution in [2.75, 3.05) is 26.2 Å². The summed E-state index contributed by atoms with van der Waals surface area (Å²) in [6.45, 7) is 12.6. The topological polar surface area (TPSA) is 70.6 Å². The molecule has 0 aliphatic carbocycles. The predicted octanol–water partition coefficient (Wildman–Crippen LogP) is 2.29. The average Bonchev–Trinajstić information content (AvgIpc) is 2.29. The van der Waals surface area contributed by atoms with E-state index < -0.39 is 5.60 Å². The van der Waals surface area contributed by atoms with Crippen molar-refractivity contribution in [1.29, 1.82) is 0 Å². The summed E-state index contributed by atoms with van der Waals surface area (Å²) in [4.78, 5) is 11.4. The Kier molecular flexibility index (Phi) is 8.81. The molecule has 0 heterocycles. The summed E-state index contributed by atoms with van der Waals surface area (Å²) < 4.78 is 5.15. The van der Waals surface area contributed by atoms with E-state index in [1.165, 1.54) is 0 Å². The van der Waals surface area contributed by atoms with E-state index in [0.29, 0.717) is 6.54 Å². The van der Waals surface area contributed by atoms with Crippen LogP contribution in [-0.4, -0.2) is 43.0 Å². The van der Waals surface area contributed by atoms with Crippen LogP contribution in [0.3, 0.4) is 0 Å². The molecule has 0 bridgehead atoms. The monoisotopic (exact) mass is 288 g/mol. The lowest BCUT2D eigenvalue weighted by Crippen LogP contribution is -2.35. The van der Waals surface area contributed by atoms with Gasteiger partial charge < -0.3 is 20.5 Å². The molecular weight excluding hydrogens is 256 g/mol. The molecular formula is C15H32N2O3.